The second-order valence-electron chi connectivity index (χ2n) is 4.47. The minimum atomic E-state index is -0.504. The Morgan fingerprint density at radius 2 is 2.15 bits per heavy atom. The molecule has 7 heteroatoms. The molecule has 1 unspecified atom stereocenters. The van der Waals surface area contributed by atoms with Crippen LogP contribution in [-0.4, -0.2) is 31.4 Å². The summed E-state index contributed by atoms with van der Waals surface area (Å²) >= 11 is 3.33. The molecule has 0 aliphatic carbocycles. The Balaban J connectivity index is 2.35. The van der Waals surface area contributed by atoms with E-state index in [0.717, 1.165) is 0 Å². The molecule has 1 aliphatic heterocycles. The number of benzene rings is 1. The van der Waals surface area contributed by atoms with Crippen molar-refractivity contribution in [1.82, 2.24) is 0 Å². The number of primary amides is 1. The van der Waals surface area contributed by atoms with Crippen LogP contribution in [0.1, 0.15) is 16.8 Å². The molecule has 1 heterocycles. The van der Waals surface area contributed by atoms with Crippen molar-refractivity contribution in [1.29, 1.82) is 0 Å². The maximum atomic E-state index is 12.0. The van der Waals surface area contributed by atoms with E-state index in [9.17, 15) is 14.4 Å². The van der Waals surface area contributed by atoms with E-state index in [0.29, 0.717) is 15.7 Å². The van der Waals surface area contributed by atoms with Gasteiger partial charge in [0.2, 0.25) is 11.8 Å². The fourth-order valence-corrected chi connectivity index (χ4v) is 2.56. The number of hydrogen-bond donors (Lipinski definition) is 1. The molecule has 1 saturated heterocycles. The van der Waals surface area contributed by atoms with Crippen LogP contribution >= 0.6 is 15.9 Å². The third-order valence-corrected chi connectivity index (χ3v) is 3.86. The molecule has 0 saturated carbocycles. The molecule has 0 aromatic heterocycles. The Morgan fingerprint density at radius 3 is 2.70 bits per heavy atom. The number of carbonyl (C=O) groups excluding carboxylic acids is 3. The summed E-state index contributed by atoms with van der Waals surface area (Å²) in [7, 11) is 1.29. The molecule has 2 rings (SSSR count). The van der Waals surface area contributed by atoms with Crippen molar-refractivity contribution >= 4 is 39.4 Å². The molecule has 1 atom stereocenters. The zero-order chi connectivity index (χ0) is 14.9. The second-order valence-corrected chi connectivity index (χ2v) is 5.32. The summed E-state index contributed by atoms with van der Waals surface area (Å²) < 4.78 is 5.30. The van der Waals surface area contributed by atoms with Gasteiger partial charge in [0.05, 0.1) is 24.3 Å². The van der Waals surface area contributed by atoms with E-state index in [1.807, 2.05) is 0 Å². The number of methoxy groups -OCH3 is 1. The zero-order valence-corrected chi connectivity index (χ0v) is 12.3. The summed E-state index contributed by atoms with van der Waals surface area (Å²) in [5.41, 5.74) is 6.10. The fourth-order valence-electron chi connectivity index (χ4n) is 2.10. The van der Waals surface area contributed by atoms with E-state index in [1.165, 1.54) is 12.0 Å². The maximum Gasteiger partial charge on any atom is 0.337 e. The van der Waals surface area contributed by atoms with Gasteiger partial charge in [-0.3, -0.25) is 9.59 Å². The van der Waals surface area contributed by atoms with Crippen molar-refractivity contribution in [2.45, 2.75) is 6.42 Å². The summed E-state index contributed by atoms with van der Waals surface area (Å²) in [5, 5.41) is 0. The Labute approximate surface area is 124 Å². The van der Waals surface area contributed by atoms with Gasteiger partial charge in [-0.25, -0.2) is 4.79 Å². The first kappa shape index (κ1) is 14.5. The lowest BCUT2D eigenvalue weighted by molar-refractivity contribution is -0.123. The molecule has 1 aromatic rings. The standard InChI is InChI=1S/C13H13BrN2O4/c1-20-13(19)7-2-3-9(14)10(4-7)16-6-8(12(15)18)5-11(16)17/h2-4,8H,5-6H2,1H3,(H2,15,18). The highest BCUT2D eigenvalue weighted by atomic mass is 79.9. The normalized spacial score (nSPS) is 18.2. The van der Waals surface area contributed by atoms with Gasteiger partial charge in [-0.15, -0.1) is 0 Å². The fraction of sp³-hybridized carbons (Fsp3) is 0.308. The molecule has 6 nitrogen and oxygen atoms in total. The predicted molar refractivity (Wildman–Crippen MR) is 75.1 cm³/mol. The first-order valence-electron chi connectivity index (χ1n) is 5.91. The van der Waals surface area contributed by atoms with Crippen LogP contribution in [0.15, 0.2) is 22.7 Å². The van der Waals surface area contributed by atoms with Crippen molar-refractivity contribution in [3.63, 3.8) is 0 Å². The first-order chi connectivity index (χ1) is 9.43. The van der Waals surface area contributed by atoms with Crippen LogP contribution in [0.5, 0.6) is 0 Å². The van der Waals surface area contributed by atoms with Gasteiger partial charge in [-0.2, -0.15) is 0 Å². The maximum absolute atomic E-state index is 12.0. The van der Waals surface area contributed by atoms with Crippen LogP contribution in [0.3, 0.4) is 0 Å². The zero-order valence-electron chi connectivity index (χ0n) is 10.8. The number of rotatable bonds is 3. The average molecular weight is 341 g/mol. The summed E-state index contributed by atoms with van der Waals surface area (Å²) in [6.45, 7) is 0.220. The lowest BCUT2D eigenvalue weighted by Crippen LogP contribution is -2.28. The lowest BCUT2D eigenvalue weighted by atomic mass is 10.1. The molecular formula is C13H13BrN2O4. The second kappa shape index (κ2) is 5.62. The minimum Gasteiger partial charge on any atom is -0.465 e. The van der Waals surface area contributed by atoms with Crippen molar-refractivity contribution in [3.8, 4) is 0 Å². The van der Waals surface area contributed by atoms with Crippen molar-refractivity contribution in [2.75, 3.05) is 18.6 Å². The Morgan fingerprint density at radius 1 is 1.45 bits per heavy atom. The van der Waals surface area contributed by atoms with Crippen LogP contribution in [0.2, 0.25) is 0 Å². The highest BCUT2D eigenvalue weighted by molar-refractivity contribution is 9.10. The highest BCUT2D eigenvalue weighted by Crippen LogP contribution is 2.32. The Bertz CT molecular complexity index is 588. The average Bonchev–Trinajstić information content (AvgIpc) is 2.80. The Kier molecular flexibility index (Phi) is 4.08. The molecule has 1 aliphatic rings. The molecule has 2 amide bonds. The van der Waals surface area contributed by atoms with Crippen LogP contribution in [0, 0.1) is 5.92 Å². The summed E-state index contributed by atoms with van der Waals surface area (Å²) in [4.78, 5) is 36.1. The number of nitrogens with zero attached hydrogens (tertiary/aromatic N) is 1. The van der Waals surface area contributed by atoms with Crippen LogP contribution in [-0.2, 0) is 14.3 Å². The van der Waals surface area contributed by atoms with E-state index in [-0.39, 0.29) is 18.9 Å². The van der Waals surface area contributed by atoms with Gasteiger partial charge in [-0.1, -0.05) is 0 Å². The van der Waals surface area contributed by atoms with Crippen molar-refractivity contribution < 1.29 is 19.1 Å². The molecule has 2 N–H and O–H groups in total. The third kappa shape index (κ3) is 2.67. The minimum absolute atomic E-state index is 0.0875. The summed E-state index contributed by atoms with van der Waals surface area (Å²) in [5.74, 6) is -1.69. The van der Waals surface area contributed by atoms with Gasteiger partial charge >= 0.3 is 5.97 Å². The van der Waals surface area contributed by atoms with E-state index in [1.54, 1.807) is 18.2 Å². The van der Waals surface area contributed by atoms with E-state index < -0.39 is 17.8 Å². The SMILES string of the molecule is COC(=O)c1ccc(Br)c(N2CC(C(N)=O)CC2=O)c1. The van der Waals surface area contributed by atoms with E-state index in [2.05, 4.69) is 20.7 Å². The van der Waals surface area contributed by atoms with Crippen LogP contribution in [0.4, 0.5) is 5.69 Å². The summed E-state index contributed by atoms with van der Waals surface area (Å²) in [6, 6.07) is 4.80. The lowest BCUT2D eigenvalue weighted by Gasteiger charge is -2.18. The molecule has 1 aromatic carbocycles. The van der Waals surface area contributed by atoms with Crippen molar-refractivity contribution in [3.05, 3.63) is 28.2 Å². The van der Waals surface area contributed by atoms with Gasteiger partial charge in [0, 0.05) is 17.4 Å². The largest absolute Gasteiger partial charge is 0.465 e. The number of carbonyl (C=O) groups is 3. The smallest absolute Gasteiger partial charge is 0.337 e. The number of halogens is 1. The van der Waals surface area contributed by atoms with Gasteiger partial charge in [0.25, 0.3) is 0 Å². The number of ether oxygens (including phenoxy) is 1. The molecular weight excluding hydrogens is 328 g/mol. The van der Waals surface area contributed by atoms with Crippen molar-refractivity contribution in [2.24, 2.45) is 11.7 Å². The van der Waals surface area contributed by atoms with Gasteiger partial charge in [0.15, 0.2) is 0 Å². The number of esters is 1. The highest BCUT2D eigenvalue weighted by Gasteiger charge is 2.35. The first-order valence-corrected chi connectivity index (χ1v) is 6.71. The quantitative estimate of drug-likeness (QED) is 0.833. The number of amides is 2. The topological polar surface area (TPSA) is 89.7 Å². The van der Waals surface area contributed by atoms with Crippen LogP contribution < -0.4 is 10.6 Å². The Hall–Kier alpha value is -1.89. The predicted octanol–water partition coefficient (Wildman–Crippen LogP) is 1.07. The molecule has 0 radical (unpaired) electrons. The van der Waals surface area contributed by atoms with Gasteiger partial charge < -0.3 is 15.4 Å². The summed E-state index contributed by atoms with van der Waals surface area (Å²) in [6.07, 6.45) is 0.0875. The third-order valence-electron chi connectivity index (χ3n) is 3.19. The van der Waals surface area contributed by atoms with E-state index in [4.69, 9.17) is 5.73 Å². The monoisotopic (exact) mass is 340 g/mol. The van der Waals surface area contributed by atoms with Crippen LogP contribution in [0.25, 0.3) is 0 Å². The van der Waals surface area contributed by atoms with E-state index >= 15 is 0 Å². The number of anilines is 1. The molecule has 0 spiro atoms. The molecule has 1 fully saturated rings. The van der Waals surface area contributed by atoms with Gasteiger partial charge in [-0.05, 0) is 34.1 Å². The van der Waals surface area contributed by atoms with Gasteiger partial charge in [0.1, 0.15) is 0 Å². The number of nitrogens with two attached hydrogens (primary N) is 1. The molecule has 106 valence electrons. The molecule has 20 heavy (non-hydrogen) atoms. The number of hydrogen-bond acceptors (Lipinski definition) is 4. The molecule has 0 bridgehead atoms.